The van der Waals surface area contributed by atoms with Gasteiger partial charge in [0.15, 0.2) is 0 Å². The third-order valence-corrected chi connectivity index (χ3v) is 2.50. The maximum absolute atomic E-state index is 8.74. The lowest BCUT2D eigenvalue weighted by Gasteiger charge is -2.30. The highest BCUT2D eigenvalue weighted by molar-refractivity contribution is 4.89. The van der Waals surface area contributed by atoms with Crippen LogP contribution in [0.15, 0.2) is 0 Å². The number of nitriles is 1. The van der Waals surface area contributed by atoms with Gasteiger partial charge in [-0.15, -0.1) is 0 Å². The molecule has 0 radical (unpaired) electrons. The highest BCUT2D eigenvalue weighted by Crippen LogP contribution is 2.02. The molecule has 2 atom stereocenters. The normalized spacial score (nSPS) is 25.6. The molecule has 0 bridgehead atoms. The Morgan fingerprint density at radius 1 is 1.71 bits per heavy atom. The van der Waals surface area contributed by atoms with Crippen molar-refractivity contribution in [1.82, 2.24) is 10.2 Å². The van der Waals surface area contributed by atoms with Crippen LogP contribution in [0.25, 0.3) is 0 Å². The molecule has 2 unspecified atom stereocenters. The molecular weight excluding hydrogens is 178 g/mol. The summed E-state index contributed by atoms with van der Waals surface area (Å²) in [5.41, 5.74) is 0. The molecule has 0 aromatic carbocycles. The molecule has 14 heavy (non-hydrogen) atoms. The first-order valence-electron chi connectivity index (χ1n) is 5.19. The Hall–Kier alpha value is -0.630. The molecular formula is C10H19N3O. The van der Waals surface area contributed by atoms with Crippen molar-refractivity contribution in [2.45, 2.75) is 25.5 Å². The van der Waals surface area contributed by atoms with E-state index in [1.807, 2.05) is 6.92 Å². The van der Waals surface area contributed by atoms with Gasteiger partial charge in [-0.2, -0.15) is 5.26 Å². The standard InChI is InChI=1S/C10H19N3O/c1-3-9(6-11)12-7-10-8-13(2)4-5-14-10/h9-10,12H,3-5,7-8H2,1-2H3. The van der Waals surface area contributed by atoms with Crippen molar-refractivity contribution in [2.75, 3.05) is 33.3 Å². The third-order valence-electron chi connectivity index (χ3n) is 2.50. The van der Waals surface area contributed by atoms with E-state index in [1.54, 1.807) is 0 Å². The Balaban J connectivity index is 2.20. The van der Waals surface area contributed by atoms with Gasteiger partial charge >= 0.3 is 0 Å². The average Bonchev–Trinajstić information content (AvgIpc) is 2.19. The van der Waals surface area contributed by atoms with Crippen LogP contribution in [0.3, 0.4) is 0 Å². The molecule has 4 nitrogen and oxygen atoms in total. The molecule has 4 heteroatoms. The largest absolute Gasteiger partial charge is 0.374 e. The fraction of sp³-hybridized carbons (Fsp3) is 0.900. The van der Waals surface area contributed by atoms with Crippen LogP contribution in [-0.4, -0.2) is 50.3 Å². The third kappa shape index (κ3) is 3.62. The SMILES string of the molecule is CCC(C#N)NCC1CN(C)CCO1. The van der Waals surface area contributed by atoms with Crippen LogP contribution in [-0.2, 0) is 4.74 Å². The highest BCUT2D eigenvalue weighted by Gasteiger charge is 2.18. The summed E-state index contributed by atoms with van der Waals surface area (Å²) in [6, 6.07) is 2.19. The van der Waals surface area contributed by atoms with E-state index in [0.717, 1.165) is 32.7 Å². The Bertz CT molecular complexity index is 202. The molecule has 1 aliphatic heterocycles. The molecule has 0 spiro atoms. The molecule has 1 heterocycles. The Labute approximate surface area is 85.8 Å². The van der Waals surface area contributed by atoms with Gasteiger partial charge in [-0.25, -0.2) is 0 Å². The minimum absolute atomic E-state index is 0.0363. The van der Waals surface area contributed by atoms with E-state index in [0.29, 0.717) is 0 Å². The van der Waals surface area contributed by atoms with E-state index in [1.165, 1.54) is 0 Å². The Kier molecular flexibility index (Phi) is 4.88. The summed E-state index contributed by atoms with van der Waals surface area (Å²) < 4.78 is 5.57. The van der Waals surface area contributed by atoms with Crippen molar-refractivity contribution in [3.05, 3.63) is 0 Å². The van der Waals surface area contributed by atoms with E-state index >= 15 is 0 Å². The number of rotatable bonds is 4. The second kappa shape index (κ2) is 5.97. The lowest BCUT2D eigenvalue weighted by Crippen LogP contribution is -2.46. The summed E-state index contributed by atoms with van der Waals surface area (Å²) in [6.45, 7) is 5.54. The van der Waals surface area contributed by atoms with Gasteiger partial charge in [0.1, 0.15) is 0 Å². The first-order valence-corrected chi connectivity index (χ1v) is 5.19. The Morgan fingerprint density at radius 2 is 2.50 bits per heavy atom. The molecule has 80 valence electrons. The van der Waals surface area contributed by atoms with E-state index in [4.69, 9.17) is 10.00 Å². The van der Waals surface area contributed by atoms with Crippen LogP contribution >= 0.6 is 0 Å². The minimum atomic E-state index is -0.0363. The number of ether oxygens (including phenoxy) is 1. The second-order valence-corrected chi connectivity index (χ2v) is 3.75. The van der Waals surface area contributed by atoms with Crippen LogP contribution in [0.4, 0.5) is 0 Å². The van der Waals surface area contributed by atoms with E-state index in [9.17, 15) is 0 Å². The summed E-state index contributed by atoms with van der Waals surface area (Å²) in [5, 5.41) is 11.9. The molecule has 0 saturated carbocycles. The highest BCUT2D eigenvalue weighted by atomic mass is 16.5. The minimum Gasteiger partial charge on any atom is -0.374 e. The zero-order valence-electron chi connectivity index (χ0n) is 8.99. The maximum atomic E-state index is 8.74. The molecule has 0 aromatic heterocycles. The van der Waals surface area contributed by atoms with Gasteiger partial charge in [0.05, 0.1) is 24.8 Å². The zero-order chi connectivity index (χ0) is 10.4. The summed E-state index contributed by atoms with van der Waals surface area (Å²) in [7, 11) is 2.09. The molecule has 1 rings (SSSR count). The van der Waals surface area contributed by atoms with Crippen LogP contribution in [0.2, 0.25) is 0 Å². The molecule has 0 aromatic rings. The van der Waals surface area contributed by atoms with Crippen LogP contribution < -0.4 is 5.32 Å². The molecule has 0 aliphatic carbocycles. The van der Waals surface area contributed by atoms with E-state index < -0.39 is 0 Å². The van der Waals surface area contributed by atoms with Crippen LogP contribution in [0, 0.1) is 11.3 Å². The fourth-order valence-corrected chi connectivity index (χ4v) is 1.55. The first-order chi connectivity index (χ1) is 6.76. The van der Waals surface area contributed by atoms with Crippen molar-refractivity contribution < 1.29 is 4.74 Å². The van der Waals surface area contributed by atoms with Crippen molar-refractivity contribution in [3.63, 3.8) is 0 Å². The van der Waals surface area contributed by atoms with Crippen molar-refractivity contribution in [1.29, 1.82) is 5.26 Å². The molecule has 1 N–H and O–H groups in total. The van der Waals surface area contributed by atoms with Crippen molar-refractivity contribution in [3.8, 4) is 6.07 Å². The average molecular weight is 197 g/mol. The monoisotopic (exact) mass is 197 g/mol. The van der Waals surface area contributed by atoms with Gasteiger partial charge in [0.2, 0.25) is 0 Å². The number of hydrogen-bond acceptors (Lipinski definition) is 4. The quantitative estimate of drug-likeness (QED) is 0.700. The van der Waals surface area contributed by atoms with Crippen LogP contribution in [0.1, 0.15) is 13.3 Å². The fourth-order valence-electron chi connectivity index (χ4n) is 1.55. The molecule has 1 aliphatic rings. The number of hydrogen-bond donors (Lipinski definition) is 1. The first kappa shape index (κ1) is 11.4. The molecule has 1 fully saturated rings. The lowest BCUT2D eigenvalue weighted by atomic mass is 10.2. The van der Waals surface area contributed by atoms with Gasteiger partial charge in [-0.1, -0.05) is 6.92 Å². The number of nitrogens with zero attached hydrogens (tertiary/aromatic N) is 2. The second-order valence-electron chi connectivity index (χ2n) is 3.75. The van der Waals surface area contributed by atoms with Crippen molar-refractivity contribution >= 4 is 0 Å². The molecule has 1 saturated heterocycles. The number of likely N-dealkylation sites (N-methyl/N-ethyl adjacent to an activating group) is 1. The predicted octanol–water partition coefficient (Wildman–Crippen LogP) is 0.209. The van der Waals surface area contributed by atoms with Gasteiger partial charge in [-0.3, -0.25) is 5.32 Å². The topological polar surface area (TPSA) is 48.3 Å². The Morgan fingerprint density at radius 3 is 3.07 bits per heavy atom. The van der Waals surface area contributed by atoms with Gasteiger partial charge < -0.3 is 9.64 Å². The summed E-state index contributed by atoms with van der Waals surface area (Å²) >= 11 is 0. The summed E-state index contributed by atoms with van der Waals surface area (Å²) in [6.07, 6.45) is 1.08. The number of morpholine rings is 1. The number of nitrogens with one attached hydrogen (secondary N) is 1. The molecule has 0 amide bonds. The van der Waals surface area contributed by atoms with Gasteiger partial charge in [0, 0.05) is 19.6 Å². The van der Waals surface area contributed by atoms with E-state index in [-0.39, 0.29) is 12.1 Å². The van der Waals surface area contributed by atoms with Crippen molar-refractivity contribution in [2.24, 2.45) is 0 Å². The van der Waals surface area contributed by atoms with E-state index in [2.05, 4.69) is 23.3 Å². The van der Waals surface area contributed by atoms with Gasteiger partial charge in [-0.05, 0) is 13.5 Å². The van der Waals surface area contributed by atoms with Crippen LogP contribution in [0.5, 0.6) is 0 Å². The maximum Gasteiger partial charge on any atom is 0.0951 e. The zero-order valence-corrected chi connectivity index (χ0v) is 8.99. The predicted molar refractivity (Wildman–Crippen MR) is 54.9 cm³/mol. The van der Waals surface area contributed by atoms with Gasteiger partial charge in [0.25, 0.3) is 0 Å². The smallest absolute Gasteiger partial charge is 0.0951 e. The summed E-state index contributed by atoms with van der Waals surface area (Å²) in [4.78, 5) is 2.25. The lowest BCUT2D eigenvalue weighted by molar-refractivity contribution is -0.0186. The summed E-state index contributed by atoms with van der Waals surface area (Å²) in [5.74, 6) is 0.